The SMILES string of the molecule is O=C(O)CCC(=O)NCCc1c(O)ccc2ccccc12. The van der Waals surface area contributed by atoms with E-state index in [1.165, 1.54) is 0 Å². The first kappa shape index (κ1) is 14.8. The van der Waals surface area contributed by atoms with Gasteiger partial charge in [-0.2, -0.15) is 0 Å². The molecule has 2 aromatic rings. The molecule has 0 radical (unpaired) electrons. The van der Waals surface area contributed by atoms with E-state index < -0.39 is 5.97 Å². The van der Waals surface area contributed by atoms with E-state index in [-0.39, 0.29) is 24.5 Å². The fourth-order valence-corrected chi connectivity index (χ4v) is 2.22. The summed E-state index contributed by atoms with van der Waals surface area (Å²) >= 11 is 0. The number of carboxylic acids is 1. The number of carboxylic acid groups (broad SMARTS) is 1. The summed E-state index contributed by atoms with van der Waals surface area (Å²) in [5.74, 6) is -1.08. The third-order valence-corrected chi connectivity index (χ3v) is 3.28. The van der Waals surface area contributed by atoms with Gasteiger partial charge in [0.1, 0.15) is 5.75 Å². The Hall–Kier alpha value is -2.56. The molecule has 0 bridgehead atoms. The summed E-state index contributed by atoms with van der Waals surface area (Å²) in [4.78, 5) is 21.8. The summed E-state index contributed by atoms with van der Waals surface area (Å²) in [6.07, 6.45) is 0.286. The lowest BCUT2D eigenvalue weighted by molar-refractivity contribution is -0.138. The molecule has 2 aromatic carbocycles. The van der Waals surface area contributed by atoms with Gasteiger partial charge >= 0.3 is 5.97 Å². The topological polar surface area (TPSA) is 86.6 Å². The molecule has 2 rings (SSSR count). The number of phenols is 1. The predicted molar refractivity (Wildman–Crippen MR) is 79.2 cm³/mol. The van der Waals surface area contributed by atoms with Crippen molar-refractivity contribution in [1.82, 2.24) is 5.32 Å². The zero-order valence-electron chi connectivity index (χ0n) is 11.5. The van der Waals surface area contributed by atoms with Crippen LogP contribution in [0, 0.1) is 0 Å². The zero-order valence-corrected chi connectivity index (χ0v) is 11.5. The van der Waals surface area contributed by atoms with Crippen LogP contribution in [0.4, 0.5) is 0 Å². The van der Waals surface area contributed by atoms with Crippen molar-refractivity contribution in [1.29, 1.82) is 0 Å². The van der Waals surface area contributed by atoms with Crippen LogP contribution >= 0.6 is 0 Å². The standard InChI is InChI=1S/C16H17NO4/c18-14-6-5-11-3-1-2-4-12(11)13(14)9-10-17-15(19)7-8-16(20)21/h1-6,18H,7-10H2,(H,17,19)(H,20,21). The molecular formula is C16H17NO4. The Bertz CT molecular complexity index is 666. The summed E-state index contributed by atoms with van der Waals surface area (Å²) in [5, 5.41) is 23.1. The Morgan fingerprint density at radius 2 is 1.81 bits per heavy atom. The summed E-state index contributed by atoms with van der Waals surface area (Å²) in [6, 6.07) is 11.2. The molecule has 3 N–H and O–H groups in total. The minimum absolute atomic E-state index is 0.0309. The molecule has 0 aliphatic carbocycles. The van der Waals surface area contributed by atoms with Crippen LogP contribution in [0.3, 0.4) is 0 Å². The van der Waals surface area contributed by atoms with Crippen molar-refractivity contribution < 1.29 is 19.8 Å². The Labute approximate surface area is 122 Å². The van der Waals surface area contributed by atoms with Gasteiger partial charge in [-0.25, -0.2) is 0 Å². The summed E-state index contributed by atoms with van der Waals surface area (Å²) in [6.45, 7) is 0.361. The van der Waals surface area contributed by atoms with E-state index in [1.54, 1.807) is 6.07 Å². The van der Waals surface area contributed by atoms with E-state index in [4.69, 9.17) is 5.11 Å². The van der Waals surface area contributed by atoms with Crippen molar-refractivity contribution in [3.05, 3.63) is 42.0 Å². The second-order valence-corrected chi connectivity index (χ2v) is 4.78. The van der Waals surface area contributed by atoms with Gasteiger partial charge in [0, 0.05) is 18.5 Å². The van der Waals surface area contributed by atoms with Crippen molar-refractivity contribution in [3.8, 4) is 5.75 Å². The highest BCUT2D eigenvalue weighted by Crippen LogP contribution is 2.27. The van der Waals surface area contributed by atoms with Gasteiger partial charge in [0.15, 0.2) is 0 Å². The monoisotopic (exact) mass is 287 g/mol. The van der Waals surface area contributed by atoms with E-state index in [1.807, 2.05) is 30.3 Å². The predicted octanol–water partition coefficient (Wildman–Crippen LogP) is 2.07. The van der Waals surface area contributed by atoms with Gasteiger partial charge in [0.2, 0.25) is 5.91 Å². The Morgan fingerprint density at radius 3 is 2.57 bits per heavy atom. The van der Waals surface area contributed by atoms with Crippen LogP contribution in [-0.2, 0) is 16.0 Å². The molecule has 0 aromatic heterocycles. The lowest BCUT2D eigenvalue weighted by Crippen LogP contribution is -2.26. The van der Waals surface area contributed by atoms with Crippen molar-refractivity contribution in [2.24, 2.45) is 0 Å². The first-order chi connectivity index (χ1) is 10.1. The van der Waals surface area contributed by atoms with Crippen LogP contribution in [0.1, 0.15) is 18.4 Å². The average Bonchev–Trinajstić information content (AvgIpc) is 2.47. The number of hydrogen-bond acceptors (Lipinski definition) is 3. The number of carbonyl (C=O) groups is 2. The molecule has 0 heterocycles. The van der Waals surface area contributed by atoms with Crippen molar-refractivity contribution in [2.45, 2.75) is 19.3 Å². The van der Waals surface area contributed by atoms with Crippen molar-refractivity contribution in [2.75, 3.05) is 6.54 Å². The third kappa shape index (κ3) is 3.95. The van der Waals surface area contributed by atoms with E-state index >= 15 is 0 Å². The van der Waals surface area contributed by atoms with Crippen LogP contribution < -0.4 is 5.32 Å². The molecule has 1 amide bonds. The molecule has 0 aliphatic heterocycles. The first-order valence-corrected chi connectivity index (χ1v) is 6.76. The molecule has 5 heteroatoms. The largest absolute Gasteiger partial charge is 0.508 e. The number of nitrogens with one attached hydrogen (secondary N) is 1. The fraction of sp³-hybridized carbons (Fsp3) is 0.250. The molecule has 5 nitrogen and oxygen atoms in total. The molecular weight excluding hydrogens is 270 g/mol. The molecule has 0 spiro atoms. The van der Waals surface area contributed by atoms with Crippen LogP contribution in [0.15, 0.2) is 36.4 Å². The number of amides is 1. The number of carbonyl (C=O) groups excluding carboxylic acids is 1. The quantitative estimate of drug-likeness (QED) is 0.759. The molecule has 0 aliphatic rings. The lowest BCUT2D eigenvalue weighted by Gasteiger charge is -2.10. The second-order valence-electron chi connectivity index (χ2n) is 4.78. The molecule has 0 fully saturated rings. The second kappa shape index (κ2) is 6.74. The van der Waals surface area contributed by atoms with Gasteiger partial charge in [0.25, 0.3) is 0 Å². The number of hydrogen-bond donors (Lipinski definition) is 3. The normalized spacial score (nSPS) is 10.5. The minimum Gasteiger partial charge on any atom is -0.508 e. The van der Waals surface area contributed by atoms with Crippen molar-refractivity contribution in [3.63, 3.8) is 0 Å². The van der Waals surface area contributed by atoms with Crippen LogP contribution in [-0.4, -0.2) is 28.6 Å². The van der Waals surface area contributed by atoms with E-state index in [2.05, 4.69) is 5.32 Å². The smallest absolute Gasteiger partial charge is 0.303 e. The molecule has 21 heavy (non-hydrogen) atoms. The highest BCUT2D eigenvalue weighted by molar-refractivity contribution is 5.87. The van der Waals surface area contributed by atoms with E-state index in [0.29, 0.717) is 13.0 Å². The first-order valence-electron chi connectivity index (χ1n) is 6.76. The molecule has 110 valence electrons. The van der Waals surface area contributed by atoms with Gasteiger partial charge in [-0.1, -0.05) is 30.3 Å². The van der Waals surface area contributed by atoms with E-state index in [9.17, 15) is 14.7 Å². The highest BCUT2D eigenvalue weighted by atomic mass is 16.4. The number of fused-ring (bicyclic) bond motifs is 1. The summed E-state index contributed by atoms with van der Waals surface area (Å²) in [5.41, 5.74) is 0.784. The number of aromatic hydroxyl groups is 1. The zero-order chi connectivity index (χ0) is 15.2. The maximum atomic E-state index is 11.4. The van der Waals surface area contributed by atoms with Gasteiger partial charge in [-0.05, 0) is 23.3 Å². The van der Waals surface area contributed by atoms with Gasteiger partial charge < -0.3 is 15.5 Å². The third-order valence-electron chi connectivity index (χ3n) is 3.28. The Morgan fingerprint density at radius 1 is 1.05 bits per heavy atom. The number of rotatable bonds is 6. The maximum Gasteiger partial charge on any atom is 0.303 e. The highest BCUT2D eigenvalue weighted by Gasteiger charge is 2.08. The van der Waals surface area contributed by atoms with Crippen LogP contribution in [0.25, 0.3) is 10.8 Å². The van der Waals surface area contributed by atoms with Crippen molar-refractivity contribution >= 4 is 22.6 Å². The molecule has 0 atom stereocenters. The van der Waals surface area contributed by atoms with Gasteiger partial charge in [-0.15, -0.1) is 0 Å². The molecule has 0 saturated heterocycles. The average molecular weight is 287 g/mol. The van der Waals surface area contributed by atoms with Gasteiger partial charge in [0.05, 0.1) is 6.42 Å². The van der Waals surface area contributed by atoms with E-state index in [0.717, 1.165) is 16.3 Å². The Balaban J connectivity index is 1.99. The maximum absolute atomic E-state index is 11.4. The molecule has 0 saturated carbocycles. The summed E-state index contributed by atoms with van der Waals surface area (Å²) in [7, 11) is 0. The minimum atomic E-state index is -0.989. The summed E-state index contributed by atoms with van der Waals surface area (Å²) < 4.78 is 0. The molecule has 0 unspecified atom stereocenters. The Kier molecular flexibility index (Phi) is 4.77. The number of benzene rings is 2. The lowest BCUT2D eigenvalue weighted by atomic mass is 10.0. The number of aliphatic carboxylic acids is 1. The van der Waals surface area contributed by atoms with Gasteiger partial charge in [-0.3, -0.25) is 9.59 Å². The van der Waals surface area contributed by atoms with Crippen LogP contribution in [0.5, 0.6) is 5.75 Å². The number of phenolic OH excluding ortho intramolecular Hbond substituents is 1. The fourth-order valence-electron chi connectivity index (χ4n) is 2.22. The van der Waals surface area contributed by atoms with Crippen LogP contribution in [0.2, 0.25) is 0 Å².